The highest BCUT2D eigenvalue weighted by atomic mass is 16.5. The van der Waals surface area contributed by atoms with E-state index < -0.39 is 0 Å². The summed E-state index contributed by atoms with van der Waals surface area (Å²) < 4.78 is 6.17. The van der Waals surface area contributed by atoms with E-state index in [0.29, 0.717) is 11.5 Å². The second kappa shape index (κ2) is 5.77. The summed E-state index contributed by atoms with van der Waals surface area (Å²) in [6.45, 7) is 3.36. The van der Waals surface area contributed by atoms with Crippen LogP contribution in [0.2, 0.25) is 0 Å². The van der Waals surface area contributed by atoms with Gasteiger partial charge in [0.15, 0.2) is 0 Å². The molecular formula is C18H28N2O. The summed E-state index contributed by atoms with van der Waals surface area (Å²) in [5, 5.41) is 3.51. The molecule has 2 saturated heterocycles. The third kappa shape index (κ3) is 2.55. The van der Waals surface area contributed by atoms with E-state index >= 15 is 0 Å². The number of H-pyrrole nitrogens is 1. The first-order valence-corrected chi connectivity index (χ1v) is 8.86. The van der Waals surface area contributed by atoms with Crippen LogP contribution < -0.4 is 5.32 Å². The van der Waals surface area contributed by atoms with Gasteiger partial charge in [-0.15, -0.1) is 0 Å². The Labute approximate surface area is 127 Å². The van der Waals surface area contributed by atoms with Crippen molar-refractivity contribution in [3.05, 3.63) is 23.5 Å². The predicted octanol–water partition coefficient (Wildman–Crippen LogP) is 3.37. The van der Waals surface area contributed by atoms with E-state index in [1.807, 2.05) is 0 Å². The molecule has 1 spiro atoms. The molecule has 3 aliphatic rings. The zero-order valence-electron chi connectivity index (χ0n) is 13.0. The highest BCUT2D eigenvalue weighted by molar-refractivity contribution is 5.27. The van der Waals surface area contributed by atoms with Gasteiger partial charge in [-0.25, -0.2) is 0 Å². The summed E-state index contributed by atoms with van der Waals surface area (Å²) in [6.07, 6.45) is 13.1. The summed E-state index contributed by atoms with van der Waals surface area (Å²) in [5.74, 6) is 0.767. The van der Waals surface area contributed by atoms with Crippen LogP contribution in [0.5, 0.6) is 0 Å². The number of aryl methyl sites for hydroxylation is 1. The fourth-order valence-corrected chi connectivity index (χ4v) is 4.98. The number of aromatic nitrogens is 1. The van der Waals surface area contributed by atoms with E-state index in [2.05, 4.69) is 22.6 Å². The number of hydrogen-bond acceptors (Lipinski definition) is 2. The summed E-state index contributed by atoms with van der Waals surface area (Å²) in [6, 6.07) is 2.31. The van der Waals surface area contributed by atoms with Gasteiger partial charge in [0, 0.05) is 23.9 Å². The number of hydrogen-bond donors (Lipinski definition) is 2. The van der Waals surface area contributed by atoms with Crippen molar-refractivity contribution in [1.82, 2.24) is 10.3 Å². The smallest absolute Gasteiger partial charge is 0.0633 e. The van der Waals surface area contributed by atoms with Crippen molar-refractivity contribution in [1.29, 1.82) is 0 Å². The minimum atomic E-state index is 0.501. The predicted molar refractivity (Wildman–Crippen MR) is 84.6 cm³/mol. The number of aromatic amines is 1. The van der Waals surface area contributed by atoms with Gasteiger partial charge in [-0.3, -0.25) is 0 Å². The Hall–Kier alpha value is -0.800. The van der Waals surface area contributed by atoms with E-state index in [9.17, 15) is 0 Å². The molecule has 0 saturated carbocycles. The first-order chi connectivity index (χ1) is 10.4. The van der Waals surface area contributed by atoms with Crippen molar-refractivity contribution in [2.24, 2.45) is 5.41 Å². The highest BCUT2D eigenvalue weighted by Crippen LogP contribution is 2.46. The Morgan fingerprint density at radius 1 is 1.19 bits per heavy atom. The van der Waals surface area contributed by atoms with Crippen LogP contribution in [0.25, 0.3) is 0 Å². The quantitative estimate of drug-likeness (QED) is 0.894. The summed E-state index contributed by atoms with van der Waals surface area (Å²) in [4.78, 5) is 3.43. The maximum absolute atomic E-state index is 6.17. The second-order valence-electron chi connectivity index (χ2n) is 7.30. The third-order valence-electron chi connectivity index (χ3n) is 6.27. The van der Waals surface area contributed by atoms with E-state index in [1.165, 1.54) is 70.2 Å². The van der Waals surface area contributed by atoms with E-state index in [0.717, 1.165) is 12.5 Å². The molecule has 0 aromatic carbocycles. The summed E-state index contributed by atoms with van der Waals surface area (Å²) in [7, 11) is 0. The molecule has 3 nitrogen and oxygen atoms in total. The molecule has 116 valence electrons. The lowest BCUT2D eigenvalue weighted by atomic mass is 9.71. The Morgan fingerprint density at radius 3 is 3.00 bits per heavy atom. The van der Waals surface area contributed by atoms with E-state index in [-0.39, 0.29) is 0 Å². The Bertz CT molecular complexity index is 475. The molecule has 1 aromatic rings. The van der Waals surface area contributed by atoms with Gasteiger partial charge in [-0.2, -0.15) is 0 Å². The summed E-state index contributed by atoms with van der Waals surface area (Å²) >= 11 is 0. The van der Waals surface area contributed by atoms with Gasteiger partial charge < -0.3 is 15.0 Å². The Kier molecular flexibility index (Phi) is 3.80. The molecule has 2 atom stereocenters. The lowest BCUT2D eigenvalue weighted by molar-refractivity contribution is 0.0227. The van der Waals surface area contributed by atoms with Gasteiger partial charge in [0.1, 0.15) is 0 Å². The van der Waals surface area contributed by atoms with Crippen molar-refractivity contribution in [2.75, 3.05) is 19.7 Å². The number of rotatable bonds is 3. The Morgan fingerprint density at radius 2 is 2.10 bits per heavy atom. The first kappa shape index (κ1) is 13.8. The molecule has 2 aliphatic heterocycles. The number of piperidine rings is 1. The van der Waals surface area contributed by atoms with Gasteiger partial charge in [0.2, 0.25) is 0 Å². The van der Waals surface area contributed by atoms with Crippen LogP contribution in [0.3, 0.4) is 0 Å². The fraction of sp³-hybridized carbons (Fsp3) is 0.778. The lowest BCUT2D eigenvalue weighted by Gasteiger charge is -2.38. The molecule has 0 bridgehead atoms. The summed E-state index contributed by atoms with van der Waals surface area (Å²) in [5.41, 5.74) is 3.59. The average Bonchev–Trinajstić information content (AvgIpc) is 3.13. The Balaban J connectivity index is 1.41. The monoisotopic (exact) mass is 288 g/mol. The van der Waals surface area contributed by atoms with Crippen LogP contribution >= 0.6 is 0 Å². The van der Waals surface area contributed by atoms with E-state index in [4.69, 9.17) is 4.74 Å². The number of nitrogens with one attached hydrogen (secondary N) is 2. The fourth-order valence-electron chi connectivity index (χ4n) is 4.98. The molecule has 2 fully saturated rings. The number of fused-ring (bicyclic) bond motifs is 1. The van der Waals surface area contributed by atoms with Gasteiger partial charge in [0.05, 0.1) is 6.10 Å². The molecule has 1 aromatic heterocycles. The zero-order valence-corrected chi connectivity index (χ0v) is 13.0. The van der Waals surface area contributed by atoms with Gasteiger partial charge in [-0.05, 0) is 82.0 Å². The van der Waals surface area contributed by atoms with Crippen LogP contribution in [-0.2, 0) is 11.2 Å². The molecule has 3 heterocycles. The van der Waals surface area contributed by atoms with Crippen molar-refractivity contribution in [3.63, 3.8) is 0 Å². The average molecular weight is 288 g/mol. The molecule has 0 radical (unpaired) electrons. The van der Waals surface area contributed by atoms with E-state index in [1.54, 1.807) is 5.56 Å². The molecule has 3 heteroatoms. The minimum Gasteiger partial charge on any atom is -0.378 e. The molecule has 4 rings (SSSR count). The molecule has 2 unspecified atom stereocenters. The normalized spacial score (nSPS) is 31.4. The molecular weight excluding hydrogens is 260 g/mol. The van der Waals surface area contributed by atoms with Crippen LogP contribution in [0, 0.1) is 5.41 Å². The van der Waals surface area contributed by atoms with Crippen molar-refractivity contribution in [2.45, 2.75) is 63.4 Å². The van der Waals surface area contributed by atoms with Gasteiger partial charge in [-0.1, -0.05) is 0 Å². The van der Waals surface area contributed by atoms with Crippen LogP contribution in [0.4, 0.5) is 0 Å². The lowest BCUT2D eigenvalue weighted by Crippen LogP contribution is -2.42. The maximum Gasteiger partial charge on any atom is 0.0633 e. The topological polar surface area (TPSA) is 37.0 Å². The van der Waals surface area contributed by atoms with Gasteiger partial charge >= 0.3 is 0 Å². The minimum absolute atomic E-state index is 0.501. The molecule has 2 N–H and O–H groups in total. The maximum atomic E-state index is 6.17. The zero-order chi connectivity index (χ0) is 14.1. The molecule has 0 amide bonds. The SMILES string of the molecule is c1cc2c([nH]1)CCCC2CCC1OCCC12CCNCC2. The third-order valence-corrected chi connectivity index (χ3v) is 6.27. The second-order valence-corrected chi connectivity index (χ2v) is 7.30. The van der Waals surface area contributed by atoms with Crippen LogP contribution in [0.15, 0.2) is 12.3 Å². The van der Waals surface area contributed by atoms with Crippen LogP contribution in [-0.4, -0.2) is 30.8 Å². The van der Waals surface area contributed by atoms with Crippen molar-refractivity contribution in [3.8, 4) is 0 Å². The number of ether oxygens (including phenoxy) is 1. The highest BCUT2D eigenvalue weighted by Gasteiger charge is 2.44. The van der Waals surface area contributed by atoms with Gasteiger partial charge in [0.25, 0.3) is 0 Å². The van der Waals surface area contributed by atoms with Crippen LogP contribution in [0.1, 0.15) is 62.1 Å². The standard InChI is InChI=1S/C18H28N2O/c1-2-14(15-6-10-20-16(15)3-1)4-5-17-18(9-13-21-17)7-11-19-12-8-18/h6,10,14,17,19-20H,1-5,7-9,11-13H2. The molecule has 1 aliphatic carbocycles. The molecule has 21 heavy (non-hydrogen) atoms. The first-order valence-electron chi connectivity index (χ1n) is 8.86. The van der Waals surface area contributed by atoms with Crippen molar-refractivity contribution < 1.29 is 4.74 Å². The largest absolute Gasteiger partial charge is 0.378 e. The van der Waals surface area contributed by atoms with Crippen molar-refractivity contribution >= 4 is 0 Å².